The van der Waals surface area contributed by atoms with E-state index >= 15 is 0 Å². The molecule has 0 aromatic rings. The molecule has 7 heteroatoms. The van der Waals surface area contributed by atoms with E-state index in [0.717, 1.165) is 0 Å². The maximum absolute atomic E-state index is 11.9. The lowest BCUT2D eigenvalue weighted by Crippen LogP contribution is -2.42. The molecule has 20 heavy (non-hydrogen) atoms. The highest BCUT2D eigenvalue weighted by molar-refractivity contribution is 6.03. The van der Waals surface area contributed by atoms with E-state index in [1.54, 1.807) is 27.7 Å². The van der Waals surface area contributed by atoms with Crippen LogP contribution in [0.15, 0.2) is 0 Å². The van der Waals surface area contributed by atoms with Crippen molar-refractivity contribution in [3.8, 4) is 0 Å². The lowest BCUT2D eigenvalue weighted by molar-refractivity contribution is -0.160. The minimum absolute atomic E-state index is 0.0778. The predicted molar refractivity (Wildman–Crippen MR) is 69.2 cm³/mol. The summed E-state index contributed by atoms with van der Waals surface area (Å²) in [6.07, 6.45) is -1.86. The van der Waals surface area contributed by atoms with E-state index in [9.17, 15) is 14.4 Å². The zero-order valence-electron chi connectivity index (χ0n) is 12.3. The van der Waals surface area contributed by atoms with E-state index in [-0.39, 0.29) is 26.3 Å². The first-order valence-electron chi connectivity index (χ1n) is 6.53. The van der Waals surface area contributed by atoms with Crippen molar-refractivity contribution in [1.29, 1.82) is 0 Å². The largest absolute Gasteiger partial charge is 0.464 e. The van der Waals surface area contributed by atoms with Crippen LogP contribution < -0.4 is 0 Å². The van der Waals surface area contributed by atoms with Crippen LogP contribution in [0.2, 0.25) is 0 Å². The van der Waals surface area contributed by atoms with Crippen LogP contribution in [0.4, 0.5) is 4.79 Å². The first-order valence-corrected chi connectivity index (χ1v) is 6.53. The number of carbonyl (C=O) groups is 3. The second kappa shape index (κ2) is 6.69. The topological polar surface area (TPSA) is 82.1 Å². The lowest BCUT2D eigenvalue weighted by Gasteiger charge is -2.25. The Hall–Kier alpha value is -1.63. The highest BCUT2D eigenvalue weighted by Gasteiger charge is 2.35. The molecule has 7 nitrogen and oxygen atoms in total. The molecule has 0 aromatic carbocycles. The zero-order valence-corrected chi connectivity index (χ0v) is 12.3. The van der Waals surface area contributed by atoms with E-state index in [1.807, 2.05) is 0 Å². The molecule has 1 atom stereocenters. The monoisotopic (exact) mass is 287 g/mol. The number of amides is 1. The van der Waals surface area contributed by atoms with Gasteiger partial charge >= 0.3 is 12.1 Å². The first-order chi connectivity index (χ1) is 9.24. The van der Waals surface area contributed by atoms with Gasteiger partial charge in [0.25, 0.3) is 0 Å². The average molecular weight is 287 g/mol. The number of esters is 1. The Bertz CT molecular complexity index is 387. The Balaban J connectivity index is 2.67. The van der Waals surface area contributed by atoms with Crippen molar-refractivity contribution >= 4 is 17.8 Å². The van der Waals surface area contributed by atoms with Crippen molar-refractivity contribution in [3.63, 3.8) is 0 Å². The average Bonchev–Trinajstić information content (AvgIpc) is 2.49. The van der Waals surface area contributed by atoms with Crippen LogP contribution in [-0.2, 0) is 23.8 Å². The van der Waals surface area contributed by atoms with Gasteiger partial charge in [0.05, 0.1) is 19.8 Å². The second-order valence-corrected chi connectivity index (χ2v) is 5.37. The van der Waals surface area contributed by atoms with Gasteiger partial charge < -0.3 is 14.2 Å². The number of nitrogens with zero attached hydrogens (tertiary/aromatic N) is 1. The van der Waals surface area contributed by atoms with Gasteiger partial charge in [0, 0.05) is 6.54 Å². The van der Waals surface area contributed by atoms with Crippen molar-refractivity contribution < 1.29 is 28.6 Å². The molecule has 0 unspecified atom stereocenters. The van der Waals surface area contributed by atoms with E-state index in [1.165, 1.54) is 4.90 Å². The van der Waals surface area contributed by atoms with Gasteiger partial charge in [-0.1, -0.05) is 0 Å². The van der Waals surface area contributed by atoms with Gasteiger partial charge in [-0.05, 0) is 27.7 Å². The molecule has 0 aromatic heterocycles. The molecule has 1 fully saturated rings. The minimum Gasteiger partial charge on any atom is -0.464 e. The van der Waals surface area contributed by atoms with E-state index < -0.39 is 29.6 Å². The number of ether oxygens (including phenoxy) is 3. The third-order valence-electron chi connectivity index (χ3n) is 2.44. The maximum atomic E-state index is 11.9. The molecular formula is C13H21NO6. The van der Waals surface area contributed by atoms with Gasteiger partial charge in [0.1, 0.15) is 5.60 Å². The smallest absolute Gasteiger partial charge is 0.410 e. The van der Waals surface area contributed by atoms with Gasteiger partial charge in [-0.25, -0.2) is 9.59 Å². The summed E-state index contributed by atoms with van der Waals surface area (Å²) in [5, 5.41) is 0. The standard InChI is InChI=1S/C13H21NO6/c1-5-18-11(16)10-9(15)8-14(6-7-19-10)12(17)20-13(2,3)4/h10H,5-8H2,1-4H3/t10-/m0/s1. The van der Waals surface area contributed by atoms with Crippen LogP contribution in [0.1, 0.15) is 27.7 Å². The number of hydrogen-bond donors (Lipinski definition) is 0. The summed E-state index contributed by atoms with van der Waals surface area (Å²) in [5.41, 5.74) is -0.645. The van der Waals surface area contributed by atoms with Crippen LogP contribution in [0.3, 0.4) is 0 Å². The molecule has 1 rings (SSSR count). The van der Waals surface area contributed by atoms with Crippen LogP contribution in [0.5, 0.6) is 0 Å². The van der Waals surface area contributed by atoms with Crippen LogP contribution >= 0.6 is 0 Å². The highest BCUT2D eigenvalue weighted by Crippen LogP contribution is 2.12. The van der Waals surface area contributed by atoms with E-state index in [2.05, 4.69) is 0 Å². The summed E-state index contributed by atoms with van der Waals surface area (Å²) in [5.74, 6) is -1.23. The normalized spacial score (nSPS) is 20.3. The number of ketones is 1. The molecule has 0 saturated carbocycles. The second-order valence-electron chi connectivity index (χ2n) is 5.37. The van der Waals surface area contributed by atoms with Crippen LogP contribution in [0.25, 0.3) is 0 Å². The number of rotatable bonds is 2. The molecule has 0 bridgehead atoms. The van der Waals surface area contributed by atoms with Crippen LogP contribution in [-0.4, -0.2) is 60.8 Å². The summed E-state index contributed by atoms with van der Waals surface area (Å²) in [6, 6.07) is 0. The fourth-order valence-electron chi connectivity index (χ4n) is 1.62. The maximum Gasteiger partial charge on any atom is 0.410 e. The Morgan fingerprint density at radius 1 is 1.40 bits per heavy atom. The summed E-state index contributed by atoms with van der Waals surface area (Å²) >= 11 is 0. The van der Waals surface area contributed by atoms with E-state index in [0.29, 0.717) is 0 Å². The van der Waals surface area contributed by atoms with Crippen molar-refractivity contribution in [2.24, 2.45) is 0 Å². The van der Waals surface area contributed by atoms with Gasteiger partial charge in [-0.15, -0.1) is 0 Å². The Morgan fingerprint density at radius 3 is 2.60 bits per heavy atom. The first kappa shape index (κ1) is 16.4. The molecule has 1 saturated heterocycles. The Kier molecular flexibility index (Phi) is 5.50. The molecule has 1 amide bonds. The molecule has 0 radical (unpaired) electrons. The molecule has 0 aliphatic carbocycles. The van der Waals surface area contributed by atoms with Gasteiger partial charge in [-0.3, -0.25) is 9.69 Å². The Labute approximate surface area is 118 Å². The Morgan fingerprint density at radius 2 is 2.05 bits per heavy atom. The van der Waals surface area contributed by atoms with Crippen molar-refractivity contribution in [1.82, 2.24) is 4.90 Å². The highest BCUT2D eigenvalue weighted by atomic mass is 16.6. The van der Waals surface area contributed by atoms with Crippen molar-refractivity contribution in [3.05, 3.63) is 0 Å². The van der Waals surface area contributed by atoms with Crippen LogP contribution in [0, 0.1) is 0 Å². The molecular weight excluding hydrogens is 266 g/mol. The summed E-state index contributed by atoms with van der Waals surface area (Å²) in [4.78, 5) is 36.6. The van der Waals surface area contributed by atoms with Gasteiger partial charge in [0.15, 0.2) is 5.78 Å². The van der Waals surface area contributed by atoms with Crippen molar-refractivity contribution in [2.75, 3.05) is 26.3 Å². The molecule has 0 spiro atoms. The fourth-order valence-corrected chi connectivity index (χ4v) is 1.62. The van der Waals surface area contributed by atoms with Gasteiger partial charge in [-0.2, -0.15) is 0 Å². The van der Waals surface area contributed by atoms with Gasteiger partial charge in [0.2, 0.25) is 6.10 Å². The SMILES string of the molecule is CCOC(=O)[C@H]1OCCN(C(=O)OC(C)(C)C)CC1=O. The van der Waals surface area contributed by atoms with Crippen molar-refractivity contribution in [2.45, 2.75) is 39.4 Å². The third-order valence-corrected chi connectivity index (χ3v) is 2.44. The van der Waals surface area contributed by atoms with E-state index in [4.69, 9.17) is 14.2 Å². The molecule has 1 aliphatic heterocycles. The summed E-state index contributed by atoms with van der Waals surface area (Å²) in [6.45, 7) is 7.07. The molecule has 1 heterocycles. The molecule has 1 aliphatic rings. The number of hydrogen-bond acceptors (Lipinski definition) is 6. The third kappa shape index (κ3) is 4.80. The fraction of sp³-hybridized carbons (Fsp3) is 0.769. The zero-order chi connectivity index (χ0) is 15.3. The number of carbonyl (C=O) groups excluding carboxylic acids is 3. The minimum atomic E-state index is -1.26. The lowest BCUT2D eigenvalue weighted by atomic mass is 10.2. The summed E-state index contributed by atoms with van der Waals surface area (Å²) < 4.78 is 15.1. The quantitative estimate of drug-likeness (QED) is 0.550. The number of Topliss-reactive ketones (excluding diaryl/α,β-unsaturated/α-hetero) is 1. The predicted octanol–water partition coefficient (Wildman–Crippen LogP) is 0.754. The summed E-state index contributed by atoms with van der Waals surface area (Å²) in [7, 11) is 0. The molecule has 114 valence electrons. The molecule has 0 N–H and O–H groups in total.